The van der Waals surface area contributed by atoms with Crippen LogP contribution in [0.2, 0.25) is 0 Å². The molecule has 0 bridgehead atoms. The number of hydrogen-bond donors (Lipinski definition) is 0. The van der Waals surface area contributed by atoms with Gasteiger partial charge in [-0.2, -0.15) is 0 Å². The molecule has 1 aromatic heterocycles. The molecule has 2 fully saturated rings. The fourth-order valence-electron chi connectivity index (χ4n) is 3.33. The van der Waals surface area contributed by atoms with E-state index in [4.69, 9.17) is 16.3 Å². The van der Waals surface area contributed by atoms with E-state index in [0.717, 1.165) is 40.3 Å². The SMILES string of the molecule is ClCc1nc2ccc(Br)cc2n1C1CCOC1C1CC1. The third-order valence-electron chi connectivity index (χ3n) is 4.37. The van der Waals surface area contributed by atoms with Crippen molar-refractivity contribution in [1.29, 1.82) is 0 Å². The highest BCUT2D eigenvalue weighted by Gasteiger charge is 2.42. The van der Waals surface area contributed by atoms with Crippen molar-refractivity contribution in [2.24, 2.45) is 5.92 Å². The van der Waals surface area contributed by atoms with E-state index in [1.807, 2.05) is 12.1 Å². The molecule has 1 saturated heterocycles. The fourth-order valence-corrected chi connectivity index (χ4v) is 3.87. The Bertz CT molecular complexity index is 653. The van der Waals surface area contributed by atoms with Gasteiger partial charge in [0.2, 0.25) is 0 Å². The van der Waals surface area contributed by atoms with Crippen LogP contribution in [0, 0.1) is 5.92 Å². The van der Waals surface area contributed by atoms with Crippen molar-refractivity contribution < 1.29 is 4.74 Å². The summed E-state index contributed by atoms with van der Waals surface area (Å²) in [4.78, 5) is 4.69. The molecule has 0 spiro atoms. The Balaban J connectivity index is 1.86. The maximum atomic E-state index is 6.13. The second-order valence-electron chi connectivity index (χ2n) is 5.69. The smallest absolute Gasteiger partial charge is 0.125 e. The van der Waals surface area contributed by atoms with Gasteiger partial charge in [0.05, 0.1) is 29.1 Å². The molecule has 0 amide bonds. The summed E-state index contributed by atoms with van der Waals surface area (Å²) in [6, 6.07) is 6.60. The van der Waals surface area contributed by atoms with Crippen molar-refractivity contribution in [2.45, 2.75) is 37.3 Å². The van der Waals surface area contributed by atoms with Gasteiger partial charge in [-0.15, -0.1) is 11.6 Å². The van der Waals surface area contributed by atoms with Gasteiger partial charge < -0.3 is 9.30 Å². The lowest BCUT2D eigenvalue weighted by molar-refractivity contribution is 0.0754. The number of nitrogens with zero attached hydrogens (tertiary/aromatic N) is 2. The number of rotatable bonds is 3. The maximum Gasteiger partial charge on any atom is 0.125 e. The maximum absolute atomic E-state index is 6.13. The van der Waals surface area contributed by atoms with Gasteiger partial charge in [0.25, 0.3) is 0 Å². The molecular weight excluding hydrogens is 340 g/mol. The van der Waals surface area contributed by atoms with Gasteiger partial charge in [-0.1, -0.05) is 15.9 Å². The first-order chi connectivity index (χ1) is 9.78. The molecule has 5 heteroatoms. The molecule has 0 radical (unpaired) electrons. The second-order valence-corrected chi connectivity index (χ2v) is 6.88. The van der Waals surface area contributed by atoms with Crippen molar-refractivity contribution >= 4 is 38.6 Å². The van der Waals surface area contributed by atoms with Crippen LogP contribution in [0.3, 0.4) is 0 Å². The minimum Gasteiger partial charge on any atom is -0.376 e. The zero-order valence-electron chi connectivity index (χ0n) is 11.1. The van der Waals surface area contributed by atoms with Crippen LogP contribution in [0.15, 0.2) is 22.7 Å². The molecule has 106 valence electrons. The Morgan fingerprint density at radius 1 is 1.35 bits per heavy atom. The highest BCUT2D eigenvalue weighted by Crippen LogP contribution is 2.44. The molecule has 4 rings (SSSR count). The average Bonchev–Trinajstić information content (AvgIpc) is 3.07. The number of imidazole rings is 1. The first-order valence-electron chi connectivity index (χ1n) is 7.12. The summed E-state index contributed by atoms with van der Waals surface area (Å²) in [6.07, 6.45) is 4.00. The first kappa shape index (κ1) is 13.1. The summed E-state index contributed by atoms with van der Waals surface area (Å²) in [7, 11) is 0. The number of fused-ring (bicyclic) bond motifs is 1. The quantitative estimate of drug-likeness (QED) is 0.769. The summed E-state index contributed by atoms with van der Waals surface area (Å²) < 4.78 is 9.39. The zero-order valence-corrected chi connectivity index (χ0v) is 13.4. The van der Waals surface area contributed by atoms with Gasteiger partial charge in [-0.05, 0) is 43.4 Å². The topological polar surface area (TPSA) is 27.1 Å². The molecule has 2 atom stereocenters. The highest BCUT2D eigenvalue weighted by molar-refractivity contribution is 9.10. The number of hydrogen-bond acceptors (Lipinski definition) is 2. The molecule has 1 aliphatic heterocycles. The molecule has 20 heavy (non-hydrogen) atoms. The van der Waals surface area contributed by atoms with Crippen LogP contribution in [0.5, 0.6) is 0 Å². The monoisotopic (exact) mass is 354 g/mol. The average molecular weight is 356 g/mol. The first-order valence-corrected chi connectivity index (χ1v) is 8.44. The Labute approximate surface area is 131 Å². The number of ether oxygens (including phenoxy) is 1. The van der Waals surface area contributed by atoms with Gasteiger partial charge in [0.1, 0.15) is 5.82 Å². The summed E-state index contributed by atoms with van der Waals surface area (Å²) in [5.74, 6) is 2.14. The van der Waals surface area contributed by atoms with Gasteiger partial charge >= 0.3 is 0 Å². The summed E-state index contributed by atoms with van der Waals surface area (Å²) in [5.41, 5.74) is 2.18. The number of halogens is 2. The normalized spacial score (nSPS) is 26.5. The van der Waals surface area contributed by atoms with E-state index in [2.05, 4.69) is 31.5 Å². The summed E-state index contributed by atoms with van der Waals surface area (Å²) >= 11 is 9.69. The van der Waals surface area contributed by atoms with Crippen molar-refractivity contribution in [3.8, 4) is 0 Å². The molecule has 1 aliphatic carbocycles. The minimum atomic E-state index is 0.341. The third-order valence-corrected chi connectivity index (χ3v) is 5.10. The lowest BCUT2D eigenvalue weighted by atomic mass is 10.1. The largest absolute Gasteiger partial charge is 0.376 e. The van der Waals surface area contributed by atoms with E-state index in [0.29, 0.717) is 18.0 Å². The van der Waals surface area contributed by atoms with E-state index < -0.39 is 0 Å². The van der Waals surface area contributed by atoms with Crippen LogP contribution in [0.25, 0.3) is 11.0 Å². The lowest BCUT2D eigenvalue weighted by Gasteiger charge is -2.22. The van der Waals surface area contributed by atoms with E-state index in [1.165, 1.54) is 12.8 Å². The standard InChI is InChI=1S/C15H16BrClN2O/c16-10-3-4-11-13(7-10)19(14(8-17)18-11)12-5-6-20-15(12)9-1-2-9/h3-4,7,9,12,15H,1-2,5-6,8H2. The van der Waals surface area contributed by atoms with E-state index >= 15 is 0 Å². The molecule has 3 nitrogen and oxygen atoms in total. The Morgan fingerprint density at radius 2 is 2.20 bits per heavy atom. The second kappa shape index (κ2) is 5.00. The molecular formula is C15H16BrClN2O. The highest BCUT2D eigenvalue weighted by atomic mass is 79.9. The van der Waals surface area contributed by atoms with E-state index in [9.17, 15) is 0 Å². The fraction of sp³-hybridized carbons (Fsp3) is 0.533. The van der Waals surface area contributed by atoms with Crippen LogP contribution < -0.4 is 0 Å². The Morgan fingerprint density at radius 3 is 2.95 bits per heavy atom. The van der Waals surface area contributed by atoms with Crippen molar-refractivity contribution in [1.82, 2.24) is 9.55 Å². The third kappa shape index (κ3) is 2.09. The van der Waals surface area contributed by atoms with Gasteiger partial charge in [0.15, 0.2) is 0 Å². The molecule has 2 aromatic rings. The van der Waals surface area contributed by atoms with Crippen LogP contribution in [-0.4, -0.2) is 22.3 Å². The van der Waals surface area contributed by atoms with Gasteiger partial charge in [-0.3, -0.25) is 0 Å². The van der Waals surface area contributed by atoms with Crippen molar-refractivity contribution in [3.63, 3.8) is 0 Å². The van der Waals surface area contributed by atoms with E-state index in [-0.39, 0.29) is 0 Å². The van der Waals surface area contributed by atoms with Crippen LogP contribution >= 0.6 is 27.5 Å². The number of aromatic nitrogens is 2. The molecule has 2 heterocycles. The van der Waals surface area contributed by atoms with Gasteiger partial charge in [0, 0.05) is 11.1 Å². The lowest BCUT2D eigenvalue weighted by Crippen LogP contribution is -2.23. The van der Waals surface area contributed by atoms with Gasteiger partial charge in [-0.25, -0.2) is 4.98 Å². The van der Waals surface area contributed by atoms with Crippen LogP contribution in [0.1, 0.15) is 31.1 Å². The molecule has 2 unspecified atom stereocenters. The van der Waals surface area contributed by atoms with Crippen molar-refractivity contribution in [2.75, 3.05) is 6.61 Å². The predicted molar refractivity (Wildman–Crippen MR) is 83.1 cm³/mol. The summed E-state index contributed by atoms with van der Waals surface area (Å²) in [5, 5.41) is 0. The number of alkyl halides is 1. The van der Waals surface area contributed by atoms with Crippen LogP contribution in [0.4, 0.5) is 0 Å². The molecule has 1 aromatic carbocycles. The van der Waals surface area contributed by atoms with Crippen molar-refractivity contribution in [3.05, 3.63) is 28.5 Å². The predicted octanol–water partition coefficient (Wildman–Crippen LogP) is 4.28. The zero-order chi connectivity index (χ0) is 13.7. The Hall–Kier alpha value is -0.580. The summed E-state index contributed by atoms with van der Waals surface area (Å²) in [6.45, 7) is 0.848. The molecule has 2 aliphatic rings. The molecule has 1 saturated carbocycles. The van der Waals surface area contributed by atoms with Crippen LogP contribution in [-0.2, 0) is 10.6 Å². The minimum absolute atomic E-state index is 0.341. The molecule has 0 N–H and O–H groups in total. The number of benzene rings is 1. The Kier molecular flexibility index (Phi) is 3.28. The van der Waals surface area contributed by atoms with E-state index in [1.54, 1.807) is 0 Å².